The summed E-state index contributed by atoms with van der Waals surface area (Å²) in [6, 6.07) is 0. The smallest absolute Gasteiger partial charge is 0.251 e. The second kappa shape index (κ2) is 8.81. The van der Waals surface area contributed by atoms with Gasteiger partial charge in [-0.3, -0.25) is 9.79 Å². The number of hydrogen-bond acceptors (Lipinski definition) is 5. The number of amides is 1. The topological polar surface area (TPSA) is 70.1 Å². The first kappa shape index (κ1) is 19.1. The van der Waals surface area contributed by atoms with Gasteiger partial charge in [0.05, 0.1) is 17.2 Å². The van der Waals surface area contributed by atoms with E-state index in [9.17, 15) is 4.79 Å². The first-order chi connectivity index (χ1) is 12.6. The quantitative estimate of drug-likeness (QED) is 0.636. The van der Waals surface area contributed by atoms with Crippen LogP contribution < -0.4 is 5.32 Å². The third kappa shape index (κ3) is 4.54. The maximum atomic E-state index is 12.4. The van der Waals surface area contributed by atoms with E-state index in [1.165, 1.54) is 0 Å². The summed E-state index contributed by atoms with van der Waals surface area (Å²) in [4.78, 5) is 25.6. The van der Waals surface area contributed by atoms with Crippen molar-refractivity contribution in [1.82, 2.24) is 20.1 Å². The first-order valence-corrected chi connectivity index (χ1v) is 10.3. The normalized spacial score (nSPS) is 21.5. The van der Waals surface area contributed by atoms with Gasteiger partial charge in [-0.15, -0.1) is 11.3 Å². The number of thiazole rings is 1. The number of hydrogen-bond donors (Lipinski definition) is 1. The molecule has 3 heterocycles. The highest BCUT2D eigenvalue weighted by Crippen LogP contribution is 2.19. The second-order valence-electron chi connectivity index (χ2n) is 7.05. The Hall–Kier alpha value is -1.67. The predicted molar refractivity (Wildman–Crippen MR) is 104 cm³/mol. The van der Waals surface area contributed by atoms with Crippen LogP contribution in [0.15, 0.2) is 10.4 Å². The molecule has 1 unspecified atom stereocenters. The Morgan fingerprint density at radius 3 is 2.69 bits per heavy atom. The molecule has 3 rings (SSSR count). The molecule has 7 nitrogen and oxygen atoms in total. The van der Waals surface area contributed by atoms with Crippen LogP contribution in [0.5, 0.6) is 0 Å². The minimum atomic E-state index is -0.223. The van der Waals surface area contributed by atoms with Crippen molar-refractivity contribution in [2.75, 3.05) is 39.8 Å². The highest BCUT2D eigenvalue weighted by atomic mass is 32.1. The van der Waals surface area contributed by atoms with Gasteiger partial charge in [-0.05, 0) is 12.8 Å². The number of guanidine groups is 1. The minimum Gasteiger partial charge on any atom is -0.368 e. The van der Waals surface area contributed by atoms with E-state index in [0.29, 0.717) is 32.2 Å². The van der Waals surface area contributed by atoms with Crippen LogP contribution >= 0.6 is 11.3 Å². The van der Waals surface area contributed by atoms with Gasteiger partial charge in [0, 0.05) is 51.1 Å². The lowest BCUT2D eigenvalue weighted by molar-refractivity contribution is -0.142. The lowest BCUT2D eigenvalue weighted by atomic mass is 10.2. The maximum Gasteiger partial charge on any atom is 0.251 e. The van der Waals surface area contributed by atoms with Gasteiger partial charge in [0.1, 0.15) is 6.10 Å². The third-order valence-electron chi connectivity index (χ3n) is 4.80. The summed E-state index contributed by atoms with van der Waals surface area (Å²) in [5, 5.41) is 6.67. The van der Waals surface area contributed by atoms with E-state index in [0.717, 1.165) is 42.6 Å². The molecule has 0 saturated carbocycles. The SMILES string of the molecule is CN=C(NCc1csc(C(C)C)n1)N1CCN(C(=O)C2CCCO2)CC1. The van der Waals surface area contributed by atoms with Crippen molar-refractivity contribution in [3.8, 4) is 0 Å². The fraction of sp³-hybridized carbons (Fsp3) is 0.722. The summed E-state index contributed by atoms with van der Waals surface area (Å²) in [5.41, 5.74) is 1.05. The number of aromatic nitrogens is 1. The predicted octanol–water partition coefficient (Wildman–Crippen LogP) is 1.67. The zero-order chi connectivity index (χ0) is 18.5. The fourth-order valence-electron chi connectivity index (χ4n) is 3.29. The van der Waals surface area contributed by atoms with Gasteiger partial charge in [0.25, 0.3) is 5.91 Å². The summed E-state index contributed by atoms with van der Waals surface area (Å²) in [7, 11) is 1.80. The van der Waals surface area contributed by atoms with Gasteiger partial charge in [-0.2, -0.15) is 0 Å². The van der Waals surface area contributed by atoms with E-state index in [2.05, 4.69) is 39.4 Å². The highest BCUT2D eigenvalue weighted by Gasteiger charge is 2.30. The Balaban J connectivity index is 1.48. The molecule has 1 aromatic heterocycles. The van der Waals surface area contributed by atoms with Crippen molar-refractivity contribution in [2.45, 2.75) is 45.3 Å². The molecule has 144 valence electrons. The number of nitrogens with zero attached hydrogens (tertiary/aromatic N) is 4. The molecule has 8 heteroatoms. The zero-order valence-corrected chi connectivity index (χ0v) is 16.7. The van der Waals surface area contributed by atoms with E-state index in [-0.39, 0.29) is 12.0 Å². The monoisotopic (exact) mass is 379 g/mol. The summed E-state index contributed by atoms with van der Waals surface area (Å²) < 4.78 is 5.52. The maximum absolute atomic E-state index is 12.4. The molecule has 0 aromatic carbocycles. The van der Waals surface area contributed by atoms with Gasteiger partial charge in [-0.25, -0.2) is 4.98 Å². The van der Waals surface area contributed by atoms with Crippen molar-refractivity contribution in [1.29, 1.82) is 0 Å². The highest BCUT2D eigenvalue weighted by molar-refractivity contribution is 7.09. The van der Waals surface area contributed by atoms with E-state index < -0.39 is 0 Å². The van der Waals surface area contributed by atoms with Crippen molar-refractivity contribution in [3.05, 3.63) is 16.1 Å². The Morgan fingerprint density at radius 1 is 1.38 bits per heavy atom. The molecule has 26 heavy (non-hydrogen) atoms. The molecule has 0 radical (unpaired) electrons. The summed E-state index contributed by atoms with van der Waals surface area (Å²) in [6.45, 7) is 8.70. The van der Waals surface area contributed by atoms with E-state index in [1.807, 2.05) is 4.90 Å². The van der Waals surface area contributed by atoms with Crippen LogP contribution in [0.3, 0.4) is 0 Å². The molecule has 1 N–H and O–H groups in total. The van der Waals surface area contributed by atoms with Crippen LogP contribution in [0.25, 0.3) is 0 Å². The molecule has 0 spiro atoms. The molecule has 1 aromatic rings. The van der Waals surface area contributed by atoms with Gasteiger partial charge < -0.3 is 19.9 Å². The van der Waals surface area contributed by atoms with Crippen LogP contribution in [-0.4, -0.2) is 72.6 Å². The van der Waals surface area contributed by atoms with Crippen molar-refractivity contribution in [2.24, 2.45) is 4.99 Å². The summed E-state index contributed by atoms with van der Waals surface area (Å²) in [5.74, 6) is 1.48. The molecule has 0 aliphatic carbocycles. The zero-order valence-electron chi connectivity index (χ0n) is 15.9. The number of piperazine rings is 1. The van der Waals surface area contributed by atoms with Gasteiger partial charge in [-0.1, -0.05) is 13.8 Å². The standard InChI is InChI=1S/C18H29N5O2S/c1-13(2)16-21-14(12-26-16)11-20-18(19-3)23-8-6-22(7-9-23)17(24)15-5-4-10-25-15/h12-13,15H,4-11H2,1-3H3,(H,19,20). The van der Waals surface area contributed by atoms with Crippen molar-refractivity contribution >= 4 is 23.2 Å². The molecule has 1 atom stereocenters. The Morgan fingerprint density at radius 2 is 2.12 bits per heavy atom. The lowest BCUT2D eigenvalue weighted by Crippen LogP contribution is -2.55. The average Bonchev–Trinajstić information content (AvgIpc) is 3.34. The molecule has 2 fully saturated rings. The number of rotatable bonds is 4. The average molecular weight is 380 g/mol. The van der Waals surface area contributed by atoms with Crippen LogP contribution in [-0.2, 0) is 16.1 Å². The Bertz CT molecular complexity index is 631. The first-order valence-electron chi connectivity index (χ1n) is 9.38. The number of nitrogens with one attached hydrogen (secondary N) is 1. The fourth-order valence-corrected chi connectivity index (χ4v) is 4.12. The molecular weight excluding hydrogens is 350 g/mol. The molecular formula is C18H29N5O2S. The number of carbonyl (C=O) groups is 1. The second-order valence-corrected chi connectivity index (χ2v) is 7.94. The van der Waals surface area contributed by atoms with Crippen molar-refractivity contribution < 1.29 is 9.53 Å². The van der Waals surface area contributed by atoms with E-state index in [4.69, 9.17) is 4.74 Å². The number of aliphatic imine (C=N–C) groups is 1. The third-order valence-corrected chi connectivity index (χ3v) is 5.99. The summed E-state index contributed by atoms with van der Waals surface area (Å²) >= 11 is 1.71. The molecule has 2 aliphatic heterocycles. The van der Waals surface area contributed by atoms with E-state index >= 15 is 0 Å². The minimum absolute atomic E-state index is 0.147. The molecule has 2 aliphatic rings. The summed E-state index contributed by atoms with van der Waals surface area (Å²) in [6.07, 6.45) is 1.62. The van der Waals surface area contributed by atoms with Gasteiger partial charge in [0.2, 0.25) is 0 Å². The van der Waals surface area contributed by atoms with Crippen LogP contribution in [0.1, 0.15) is 43.3 Å². The van der Waals surface area contributed by atoms with E-state index in [1.54, 1.807) is 18.4 Å². The largest absolute Gasteiger partial charge is 0.368 e. The number of carbonyl (C=O) groups excluding carboxylic acids is 1. The van der Waals surface area contributed by atoms with Crippen LogP contribution in [0.4, 0.5) is 0 Å². The van der Waals surface area contributed by atoms with Crippen LogP contribution in [0.2, 0.25) is 0 Å². The lowest BCUT2D eigenvalue weighted by Gasteiger charge is -2.37. The molecule has 2 saturated heterocycles. The van der Waals surface area contributed by atoms with Crippen LogP contribution in [0, 0.1) is 0 Å². The Kier molecular flexibility index (Phi) is 6.48. The van der Waals surface area contributed by atoms with Gasteiger partial charge in [0.15, 0.2) is 5.96 Å². The van der Waals surface area contributed by atoms with Crippen molar-refractivity contribution in [3.63, 3.8) is 0 Å². The van der Waals surface area contributed by atoms with Gasteiger partial charge >= 0.3 is 0 Å². The Labute approximate surface area is 159 Å². The molecule has 0 bridgehead atoms. The number of ether oxygens (including phenoxy) is 1. The molecule has 1 amide bonds.